The summed E-state index contributed by atoms with van der Waals surface area (Å²) < 4.78 is 0. The van der Waals surface area contributed by atoms with E-state index < -0.39 is 0 Å². The summed E-state index contributed by atoms with van der Waals surface area (Å²) in [4.78, 5) is 12.4. The molecule has 2 heterocycles. The molecule has 0 saturated carbocycles. The van der Waals surface area contributed by atoms with Gasteiger partial charge in [0.2, 0.25) is 0 Å². The second kappa shape index (κ2) is 8.10. The van der Waals surface area contributed by atoms with Crippen molar-refractivity contribution in [3.63, 3.8) is 0 Å². The van der Waals surface area contributed by atoms with E-state index in [9.17, 15) is 0 Å². The van der Waals surface area contributed by atoms with Gasteiger partial charge in [-0.3, -0.25) is 4.98 Å². The lowest BCUT2D eigenvalue weighted by atomic mass is 10.2. The van der Waals surface area contributed by atoms with Crippen molar-refractivity contribution >= 4 is 16.5 Å². The fraction of sp³-hybridized carbons (Fsp3) is 0.500. The van der Waals surface area contributed by atoms with E-state index in [0.29, 0.717) is 6.04 Å². The molecular formula is C16H24N4S. The fourth-order valence-electron chi connectivity index (χ4n) is 2.04. The van der Waals surface area contributed by atoms with Crippen LogP contribution in [0.4, 0.5) is 5.13 Å². The second-order valence-electron chi connectivity index (χ2n) is 5.21. The standard InChI is InChI=1S/C16H24N4S/c1-4-9-17-13(2)15-12-19-16(21-15)20(3)11-8-14-7-5-6-10-18-14/h5-7,10,12-13,17H,4,8-9,11H2,1-3H3. The number of pyridine rings is 1. The van der Waals surface area contributed by atoms with E-state index in [4.69, 9.17) is 0 Å². The summed E-state index contributed by atoms with van der Waals surface area (Å²) in [5.74, 6) is 0. The maximum absolute atomic E-state index is 4.54. The van der Waals surface area contributed by atoms with E-state index in [2.05, 4.69) is 47.1 Å². The average Bonchev–Trinajstić information content (AvgIpc) is 3.01. The number of nitrogens with one attached hydrogen (secondary N) is 1. The summed E-state index contributed by atoms with van der Waals surface area (Å²) >= 11 is 1.77. The van der Waals surface area contributed by atoms with Crippen LogP contribution >= 0.6 is 11.3 Å². The number of likely N-dealkylation sites (N-methyl/N-ethyl adjacent to an activating group) is 1. The lowest BCUT2D eigenvalue weighted by Gasteiger charge is -2.15. The number of hydrogen-bond acceptors (Lipinski definition) is 5. The van der Waals surface area contributed by atoms with Crippen LogP contribution in [0.15, 0.2) is 30.6 Å². The molecule has 1 unspecified atom stereocenters. The summed E-state index contributed by atoms with van der Waals surface area (Å²) in [6.45, 7) is 6.36. The smallest absolute Gasteiger partial charge is 0.185 e. The van der Waals surface area contributed by atoms with Gasteiger partial charge in [-0.1, -0.05) is 13.0 Å². The van der Waals surface area contributed by atoms with Crippen molar-refractivity contribution in [2.24, 2.45) is 0 Å². The Morgan fingerprint density at radius 1 is 1.33 bits per heavy atom. The van der Waals surface area contributed by atoms with E-state index in [-0.39, 0.29) is 0 Å². The van der Waals surface area contributed by atoms with Gasteiger partial charge in [-0.15, -0.1) is 11.3 Å². The first-order chi connectivity index (χ1) is 10.2. The van der Waals surface area contributed by atoms with Crippen LogP contribution in [0.2, 0.25) is 0 Å². The predicted octanol–water partition coefficient (Wildman–Crippen LogP) is 3.28. The molecule has 1 N–H and O–H groups in total. The normalized spacial score (nSPS) is 12.3. The minimum Gasteiger partial charge on any atom is -0.351 e. The Bertz CT molecular complexity index is 526. The van der Waals surface area contributed by atoms with E-state index in [0.717, 1.165) is 36.8 Å². The Kier molecular flexibility index (Phi) is 6.14. The zero-order chi connectivity index (χ0) is 15.1. The summed E-state index contributed by atoms with van der Waals surface area (Å²) in [6.07, 6.45) is 5.93. The molecule has 2 aromatic rings. The van der Waals surface area contributed by atoms with Crippen LogP contribution in [-0.2, 0) is 6.42 Å². The zero-order valence-corrected chi connectivity index (χ0v) is 13.9. The molecule has 0 amide bonds. The third-order valence-electron chi connectivity index (χ3n) is 3.39. The first-order valence-electron chi connectivity index (χ1n) is 7.51. The topological polar surface area (TPSA) is 41.1 Å². The Balaban J connectivity index is 1.88. The molecule has 114 valence electrons. The Hall–Kier alpha value is -1.46. The highest BCUT2D eigenvalue weighted by Crippen LogP contribution is 2.26. The van der Waals surface area contributed by atoms with E-state index in [1.165, 1.54) is 4.88 Å². The molecule has 0 bridgehead atoms. The maximum atomic E-state index is 4.54. The van der Waals surface area contributed by atoms with Gasteiger partial charge >= 0.3 is 0 Å². The zero-order valence-electron chi connectivity index (χ0n) is 13.0. The molecule has 0 spiro atoms. The fourth-order valence-corrected chi connectivity index (χ4v) is 2.97. The number of hydrogen-bond donors (Lipinski definition) is 1. The summed E-state index contributed by atoms with van der Waals surface area (Å²) in [5, 5.41) is 4.58. The van der Waals surface area contributed by atoms with Crippen LogP contribution in [0.1, 0.15) is 36.9 Å². The number of rotatable bonds is 8. The number of nitrogens with zero attached hydrogens (tertiary/aromatic N) is 3. The second-order valence-corrected chi connectivity index (χ2v) is 6.25. The molecule has 0 aliphatic carbocycles. The van der Waals surface area contributed by atoms with Crippen molar-refractivity contribution in [3.05, 3.63) is 41.2 Å². The number of aromatic nitrogens is 2. The van der Waals surface area contributed by atoms with E-state index in [1.807, 2.05) is 24.5 Å². The van der Waals surface area contributed by atoms with Gasteiger partial charge in [0.1, 0.15) is 0 Å². The van der Waals surface area contributed by atoms with Gasteiger partial charge in [-0.2, -0.15) is 0 Å². The van der Waals surface area contributed by atoms with Crippen LogP contribution in [0.3, 0.4) is 0 Å². The third kappa shape index (κ3) is 4.79. The lowest BCUT2D eigenvalue weighted by Crippen LogP contribution is -2.20. The maximum Gasteiger partial charge on any atom is 0.185 e. The molecule has 1 atom stereocenters. The quantitative estimate of drug-likeness (QED) is 0.812. The minimum atomic E-state index is 0.375. The molecule has 0 saturated heterocycles. The van der Waals surface area contributed by atoms with Gasteiger partial charge in [-0.25, -0.2) is 4.98 Å². The van der Waals surface area contributed by atoms with Crippen molar-refractivity contribution < 1.29 is 0 Å². The first kappa shape index (κ1) is 15.9. The molecular weight excluding hydrogens is 280 g/mol. The summed E-state index contributed by atoms with van der Waals surface area (Å²) in [6, 6.07) is 6.42. The van der Waals surface area contributed by atoms with Crippen molar-refractivity contribution in [2.45, 2.75) is 32.7 Å². The molecule has 0 radical (unpaired) electrons. The van der Waals surface area contributed by atoms with Crippen LogP contribution < -0.4 is 10.2 Å². The molecule has 5 heteroatoms. The van der Waals surface area contributed by atoms with Crippen LogP contribution in [0.5, 0.6) is 0 Å². The highest BCUT2D eigenvalue weighted by atomic mass is 32.1. The monoisotopic (exact) mass is 304 g/mol. The number of anilines is 1. The van der Waals surface area contributed by atoms with Gasteiger partial charge in [-0.05, 0) is 32.0 Å². The van der Waals surface area contributed by atoms with Crippen molar-refractivity contribution in [2.75, 3.05) is 25.0 Å². The molecule has 4 nitrogen and oxygen atoms in total. The van der Waals surface area contributed by atoms with Crippen LogP contribution in [0, 0.1) is 0 Å². The van der Waals surface area contributed by atoms with Crippen molar-refractivity contribution in [1.82, 2.24) is 15.3 Å². The summed E-state index contributed by atoms with van der Waals surface area (Å²) in [7, 11) is 2.09. The third-order valence-corrected chi connectivity index (χ3v) is 4.69. The highest BCUT2D eigenvalue weighted by molar-refractivity contribution is 7.15. The Labute approximate surface area is 131 Å². The molecule has 0 aliphatic rings. The van der Waals surface area contributed by atoms with Gasteiger partial charge in [0.15, 0.2) is 5.13 Å². The first-order valence-corrected chi connectivity index (χ1v) is 8.32. The molecule has 21 heavy (non-hydrogen) atoms. The van der Waals surface area contributed by atoms with E-state index >= 15 is 0 Å². The average molecular weight is 304 g/mol. The SMILES string of the molecule is CCCNC(C)c1cnc(N(C)CCc2ccccn2)s1. The van der Waals surface area contributed by atoms with Crippen LogP contribution in [0.25, 0.3) is 0 Å². The van der Waals surface area contributed by atoms with Gasteiger partial charge < -0.3 is 10.2 Å². The molecule has 2 rings (SSSR count). The predicted molar refractivity (Wildman–Crippen MR) is 90.0 cm³/mol. The number of thiazole rings is 1. The van der Waals surface area contributed by atoms with E-state index in [1.54, 1.807) is 11.3 Å². The Morgan fingerprint density at radius 3 is 2.90 bits per heavy atom. The van der Waals surface area contributed by atoms with Crippen molar-refractivity contribution in [1.29, 1.82) is 0 Å². The van der Waals surface area contributed by atoms with Crippen LogP contribution in [-0.4, -0.2) is 30.1 Å². The van der Waals surface area contributed by atoms with Crippen molar-refractivity contribution in [3.8, 4) is 0 Å². The largest absolute Gasteiger partial charge is 0.351 e. The van der Waals surface area contributed by atoms with Gasteiger partial charge in [0.25, 0.3) is 0 Å². The van der Waals surface area contributed by atoms with Gasteiger partial charge in [0.05, 0.1) is 0 Å². The summed E-state index contributed by atoms with van der Waals surface area (Å²) in [5.41, 5.74) is 1.12. The highest BCUT2D eigenvalue weighted by Gasteiger charge is 2.11. The molecule has 0 fully saturated rings. The molecule has 0 aromatic carbocycles. The molecule has 0 aliphatic heterocycles. The lowest BCUT2D eigenvalue weighted by molar-refractivity contribution is 0.577. The Morgan fingerprint density at radius 2 is 2.19 bits per heavy atom. The minimum absolute atomic E-state index is 0.375. The molecule has 2 aromatic heterocycles. The van der Waals surface area contributed by atoms with Gasteiger partial charge in [0, 0.05) is 49.0 Å².